The largest absolute Gasteiger partial charge is 0.217 e. The molecule has 0 spiro atoms. The van der Waals surface area contributed by atoms with Crippen molar-refractivity contribution in [1.82, 2.24) is 4.72 Å². The maximum atomic E-state index is 11.9. The van der Waals surface area contributed by atoms with E-state index < -0.39 is 20.3 Å². The average molecular weight is 232 g/mol. The van der Waals surface area contributed by atoms with E-state index in [1.54, 1.807) is 34.6 Å². The number of nitrogens with zero attached hydrogens (tertiary/aromatic N) is 1. The van der Waals surface area contributed by atoms with E-state index in [1.165, 1.54) is 0 Å². The molecule has 0 aliphatic heterocycles. The van der Waals surface area contributed by atoms with Crippen LogP contribution in [0.2, 0.25) is 0 Å². The first kappa shape index (κ1) is 14.4. The first-order valence-electron chi connectivity index (χ1n) is 5.09. The Balaban J connectivity index is 5.12. The summed E-state index contributed by atoms with van der Waals surface area (Å²) in [6.07, 6.45) is 0.935. The summed E-state index contributed by atoms with van der Waals surface area (Å²) in [5.74, 6) is 0. The van der Waals surface area contributed by atoms with Gasteiger partial charge in [-0.2, -0.15) is 9.98 Å². The summed E-state index contributed by atoms with van der Waals surface area (Å²) >= 11 is 0. The monoisotopic (exact) mass is 232 g/mol. The lowest BCUT2D eigenvalue weighted by molar-refractivity contribution is 0.436. The van der Waals surface area contributed by atoms with Crippen molar-refractivity contribution in [2.45, 2.75) is 57.7 Å². The highest BCUT2D eigenvalue weighted by atomic mass is 32.2. The Bertz CT molecular complexity index is 343. The first-order chi connectivity index (χ1) is 6.64. The average Bonchev–Trinajstić information content (AvgIpc) is 2.12. The lowest BCUT2D eigenvalue weighted by Gasteiger charge is -2.29. The highest BCUT2D eigenvalue weighted by Gasteiger charge is 2.37. The molecule has 0 aliphatic carbocycles. The smallest absolute Gasteiger partial charge is 0.212 e. The third-order valence-corrected chi connectivity index (χ3v) is 4.83. The fraction of sp³-hybridized carbons (Fsp3) is 0.900. The predicted molar refractivity (Wildman–Crippen MR) is 60.7 cm³/mol. The van der Waals surface area contributed by atoms with Crippen LogP contribution in [0.3, 0.4) is 0 Å². The molecule has 15 heavy (non-hydrogen) atoms. The van der Waals surface area contributed by atoms with Gasteiger partial charge in [-0.05, 0) is 33.6 Å². The number of hydrogen-bond acceptors (Lipinski definition) is 3. The van der Waals surface area contributed by atoms with Gasteiger partial charge in [-0.3, -0.25) is 0 Å². The third-order valence-electron chi connectivity index (χ3n) is 2.56. The summed E-state index contributed by atoms with van der Waals surface area (Å²) in [7, 11) is -3.46. The van der Waals surface area contributed by atoms with Crippen molar-refractivity contribution in [3.8, 4) is 6.07 Å². The lowest BCUT2D eigenvalue weighted by Crippen LogP contribution is -2.52. The summed E-state index contributed by atoms with van der Waals surface area (Å²) in [5, 5.41) is 9.03. The van der Waals surface area contributed by atoms with E-state index in [9.17, 15) is 8.42 Å². The van der Waals surface area contributed by atoms with Gasteiger partial charge >= 0.3 is 0 Å². The standard InChI is InChI=1S/C10H20N2O2S/c1-6-10(7-2,8-11)12-15(13,14)9(3,4)5/h12H,6-7H2,1-5H3. The van der Waals surface area contributed by atoms with Crippen molar-refractivity contribution in [3.05, 3.63) is 0 Å². The second-order valence-electron chi connectivity index (χ2n) is 4.62. The van der Waals surface area contributed by atoms with Crippen LogP contribution in [0, 0.1) is 11.3 Å². The Morgan fingerprint density at radius 1 is 1.20 bits per heavy atom. The zero-order valence-corrected chi connectivity index (χ0v) is 10.9. The Morgan fingerprint density at radius 3 is 1.80 bits per heavy atom. The van der Waals surface area contributed by atoms with E-state index in [4.69, 9.17) is 5.26 Å². The Labute approximate surface area is 92.7 Å². The molecule has 0 saturated heterocycles. The Kier molecular flexibility index (Phi) is 4.32. The van der Waals surface area contributed by atoms with Crippen LogP contribution in [0.4, 0.5) is 0 Å². The van der Waals surface area contributed by atoms with E-state index in [2.05, 4.69) is 10.8 Å². The van der Waals surface area contributed by atoms with Gasteiger partial charge in [0.25, 0.3) is 0 Å². The molecular formula is C10H20N2O2S. The molecule has 0 saturated carbocycles. The summed E-state index contributed by atoms with van der Waals surface area (Å²) in [6, 6.07) is 2.05. The van der Waals surface area contributed by atoms with Crippen molar-refractivity contribution >= 4 is 10.0 Å². The topological polar surface area (TPSA) is 70.0 Å². The highest BCUT2D eigenvalue weighted by Crippen LogP contribution is 2.21. The van der Waals surface area contributed by atoms with Gasteiger partial charge in [0.1, 0.15) is 5.54 Å². The van der Waals surface area contributed by atoms with Gasteiger partial charge < -0.3 is 0 Å². The van der Waals surface area contributed by atoms with Gasteiger partial charge in [0.2, 0.25) is 10.0 Å². The van der Waals surface area contributed by atoms with Crippen LogP contribution in [0.25, 0.3) is 0 Å². The van der Waals surface area contributed by atoms with E-state index >= 15 is 0 Å². The molecule has 0 fully saturated rings. The second-order valence-corrected chi connectivity index (χ2v) is 7.05. The van der Waals surface area contributed by atoms with Gasteiger partial charge in [-0.15, -0.1) is 0 Å². The fourth-order valence-electron chi connectivity index (χ4n) is 0.986. The molecule has 0 aliphatic rings. The second kappa shape index (κ2) is 4.50. The Hall–Kier alpha value is -0.600. The SMILES string of the molecule is CCC(C#N)(CC)NS(=O)(=O)C(C)(C)C. The molecule has 0 heterocycles. The molecule has 0 bridgehead atoms. The number of nitrogens with one attached hydrogen (secondary N) is 1. The van der Waals surface area contributed by atoms with Gasteiger partial charge in [0.05, 0.1) is 10.8 Å². The van der Waals surface area contributed by atoms with E-state index in [0.29, 0.717) is 12.8 Å². The van der Waals surface area contributed by atoms with Crippen LogP contribution in [0.5, 0.6) is 0 Å². The molecule has 4 nitrogen and oxygen atoms in total. The molecule has 1 N–H and O–H groups in total. The van der Waals surface area contributed by atoms with Crippen LogP contribution < -0.4 is 4.72 Å². The predicted octanol–water partition coefficient (Wildman–Crippen LogP) is 1.79. The maximum absolute atomic E-state index is 11.9. The number of nitriles is 1. The van der Waals surface area contributed by atoms with Crippen LogP contribution in [-0.2, 0) is 10.0 Å². The zero-order chi connectivity index (χ0) is 12.3. The zero-order valence-electron chi connectivity index (χ0n) is 10.1. The van der Waals surface area contributed by atoms with Gasteiger partial charge in [-0.1, -0.05) is 13.8 Å². The maximum Gasteiger partial charge on any atom is 0.217 e. The molecule has 0 atom stereocenters. The van der Waals surface area contributed by atoms with Crippen LogP contribution >= 0.6 is 0 Å². The molecular weight excluding hydrogens is 212 g/mol. The minimum Gasteiger partial charge on any atom is -0.212 e. The molecule has 0 amide bonds. The van der Waals surface area contributed by atoms with Crippen molar-refractivity contribution in [1.29, 1.82) is 5.26 Å². The van der Waals surface area contributed by atoms with Crippen LogP contribution in [0.15, 0.2) is 0 Å². The number of sulfonamides is 1. The van der Waals surface area contributed by atoms with Crippen molar-refractivity contribution in [2.24, 2.45) is 0 Å². The van der Waals surface area contributed by atoms with E-state index in [-0.39, 0.29) is 0 Å². The summed E-state index contributed by atoms with van der Waals surface area (Å²) in [5.41, 5.74) is -0.966. The molecule has 0 aromatic heterocycles. The van der Waals surface area contributed by atoms with E-state index in [0.717, 1.165) is 0 Å². The van der Waals surface area contributed by atoms with Crippen molar-refractivity contribution < 1.29 is 8.42 Å². The summed E-state index contributed by atoms with van der Waals surface area (Å²) < 4.78 is 25.4. The molecule has 0 rings (SSSR count). The molecule has 0 aromatic carbocycles. The summed E-state index contributed by atoms with van der Waals surface area (Å²) in [4.78, 5) is 0. The normalized spacial score (nSPS) is 13.6. The highest BCUT2D eigenvalue weighted by molar-refractivity contribution is 7.90. The van der Waals surface area contributed by atoms with Gasteiger partial charge in [-0.25, -0.2) is 8.42 Å². The molecule has 0 aromatic rings. The van der Waals surface area contributed by atoms with Crippen LogP contribution in [0.1, 0.15) is 47.5 Å². The molecule has 88 valence electrons. The lowest BCUT2D eigenvalue weighted by atomic mass is 9.97. The van der Waals surface area contributed by atoms with E-state index in [1.807, 2.05) is 0 Å². The molecule has 0 unspecified atom stereocenters. The minimum atomic E-state index is -3.46. The molecule has 5 heteroatoms. The van der Waals surface area contributed by atoms with Gasteiger partial charge in [0, 0.05) is 0 Å². The minimum absolute atomic E-state index is 0.468. The van der Waals surface area contributed by atoms with Crippen molar-refractivity contribution in [3.63, 3.8) is 0 Å². The first-order valence-corrected chi connectivity index (χ1v) is 6.57. The van der Waals surface area contributed by atoms with Crippen molar-refractivity contribution in [2.75, 3.05) is 0 Å². The van der Waals surface area contributed by atoms with Gasteiger partial charge in [0.15, 0.2) is 0 Å². The van der Waals surface area contributed by atoms with Crippen LogP contribution in [-0.4, -0.2) is 18.7 Å². The number of rotatable bonds is 4. The fourth-order valence-corrected chi connectivity index (χ4v) is 2.14. The molecule has 0 radical (unpaired) electrons. The third kappa shape index (κ3) is 3.18. The Morgan fingerprint density at radius 2 is 1.60 bits per heavy atom. The number of hydrogen-bond donors (Lipinski definition) is 1. The summed E-state index contributed by atoms with van der Waals surface area (Å²) in [6.45, 7) is 8.45. The quantitative estimate of drug-likeness (QED) is 0.803.